The number of Topliss-reactive ketones (excluding diaryl/α,β-unsaturated/α-hetero) is 1. The van der Waals surface area contributed by atoms with E-state index in [1.807, 2.05) is 24.3 Å². The highest BCUT2D eigenvalue weighted by Gasteiger charge is 2.49. The van der Waals surface area contributed by atoms with Crippen molar-refractivity contribution in [2.45, 2.75) is 32.0 Å². The van der Waals surface area contributed by atoms with Gasteiger partial charge >= 0.3 is 0 Å². The van der Waals surface area contributed by atoms with Crippen molar-refractivity contribution in [3.05, 3.63) is 29.8 Å². The number of carbonyl (C=O) groups is 1. The summed E-state index contributed by atoms with van der Waals surface area (Å²) in [6.07, 6.45) is 2.51. The molecular formula is C17H22O4. The molecule has 2 fully saturated rings. The molecule has 1 saturated heterocycles. The third-order valence-electron chi connectivity index (χ3n) is 4.30. The molecule has 4 nitrogen and oxygen atoms in total. The highest BCUT2D eigenvalue weighted by molar-refractivity contribution is 5.88. The molecule has 1 aliphatic carbocycles. The summed E-state index contributed by atoms with van der Waals surface area (Å²) in [6.45, 7) is 2.02. The Hall–Kier alpha value is -1.39. The first-order valence-corrected chi connectivity index (χ1v) is 7.64. The lowest BCUT2D eigenvalue weighted by Gasteiger charge is -2.20. The topological polar surface area (TPSA) is 44.8 Å². The average Bonchev–Trinajstić information content (AvgIpc) is 3.30. The van der Waals surface area contributed by atoms with E-state index in [1.165, 1.54) is 0 Å². The summed E-state index contributed by atoms with van der Waals surface area (Å²) in [5.74, 6) is 2.01. The maximum atomic E-state index is 11.9. The highest BCUT2D eigenvalue weighted by atomic mass is 16.5. The van der Waals surface area contributed by atoms with Gasteiger partial charge in [0.25, 0.3) is 0 Å². The summed E-state index contributed by atoms with van der Waals surface area (Å²) < 4.78 is 16.4. The Kier molecular flexibility index (Phi) is 4.56. The number of ether oxygens (including phenoxy) is 3. The summed E-state index contributed by atoms with van der Waals surface area (Å²) in [5, 5.41) is 0. The Balaban J connectivity index is 1.32. The molecule has 0 N–H and O–H groups in total. The average molecular weight is 290 g/mol. The van der Waals surface area contributed by atoms with Crippen LogP contribution in [-0.4, -0.2) is 32.2 Å². The Morgan fingerprint density at radius 3 is 2.86 bits per heavy atom. The molecular weight excluding hydrogens is 268 g/mol. The van der Waals surface area contributed by atoms with Crippen LogP contribution in [0.1, 0.15) is 24.8 Å². The molecule has 2 unspecified atom stereocenters. The Bertz CT molecular complexity index is 482. The van der Waals surface area contributed by atoms with Gasteiger partial charge in [-0.05, 0) is 42.9 Å². The number of ketones is 1. The lowest BCUT2D eigenvalue weighted by atomic mass is 10.0. The van der Waals surface area contributed by atoms with Crippen molar-refractivity contribution in [2.75, 3.05) is 20.3 Å². The van der Waals surface area contributed by atoms with Gasteiger partial charge in [0.2, 0.25) is 0 Å². The molecule has 3 rings (SSSR count). The van der Waals surface area contributed by atoms with Gasteiger partial charge in [0.05, 0.1) is 20.3 Å². The first-order chi connectivity index (χ1) is 10.3. The minimum absolute atomic E-state index is 0.182. The van der Waals surface area contributed by atoms with Gasteiger partial charge in [-0.3, -0.25) is 4.79 Å². The summed E-state index contributed by atoms with van der Waals surface area (Å²) >= 11 is 0. The van der Waals surface area contributed by atoms with Gasteiger partial charge < -0.3 is 14.2 Å². The van der Waals surface area contributed by atoms with E-state index in [4.69, 9.17) is 14.2 Å². The van der Waals surface area contributed by atoms with Gasteiger partial charge in [-0.25, -0.2) is 0 Å². The zero-order valence-electron chi connectivity index (χ0n) is 12.4. The van der Waals surface area contributed by atoms with Crippen molar-refractivity contribution >= 4 is 5.78 Å². The van der Waals surface area contributed by atoms with Crippen LogP contribution in [-0.2, 0) is 20.9 Å². The molecule has 2 aliphatic rings. The molecule has 1 heterocycles. The monoisotopic (exact) mass is 290 g/mol. The van der Waals surface area contributed by atoms with Gasteiger partial charge in [-0.1, -0.05) is 12.1 Å². The van der Waals surface area contributed by atoms with Crippen LogP contribution >= 0.6 is 0 Å². The van der Waals surface area contributed by atoms with Gasteiger partial charge in [0, 0.05) is 12.5 Å². The lowest BCUT2D eigenvalue weighted by molar-refractivity contribution is -0.137. The number of fused-ring (bicyclic) bond motifs is 1. The molecule has 4 heteroatoms. The van der Waals surface area contributed by atoms with Crippen molar-refractivity contribution in [2.24, 2.45) is 11.8 Å². The van der Waals surface area contributed by atoms with Crippen LogP contribution in [0.15, 0.2) is 24.3 Å². The first kappa shape index (κ1) is 14.5. The van der Waals surface area contributed by atoms with E-state index < -0.39 is 0 Å². The lowest BCUT2D eigenvalue weighted by Crippen LogP contribution is -2.32. The number of benzene rings is 1. The molecule has 0 spiro atoms. The number of hydrogen-bond donors (Lipinski definition) is 0. The summed E-state index contributed by atoms with van der Waals surface area (Å²) in [7, 11) is 1.66. The van der Waals surface area contributed by atoms with Crippen LogP contribution in [0.3, 0.4) is 0 Å². The Morgan fingerprint density at radius 2 is 2.10 bits per heavy atom. The van der Waals surface area contributed by atoms with Crippen molar-refractivity contribution in [1.82, 2.24) is 0 Å². The number of rotatable bonds is 7. The third-order valence-corrected chi connectivity index (χ3v) is 4.30. The normalized spacial score (nSPS) is 27.3. The summed E-state index contributed by atoms with van der Waals surface area (Å²) in [4.78, 5) is 11.9. The van der Waals surface area contributed by atoms with Crippen LogP contribution in [0.2, 0.25) is 0 Å². The molecule has 0 amide bonds. The van der Waals surface area contributed by atoms with Crippen molar-refractivity contribution in [3.63, 3.8) is 0 Å². The Morgan fingerprint density at radius 1 is 1.29 bits per heavy atom. The maximum Gasteiger partial charge on any atom is 0.164 e. The van der Waals surface area contributed by atoms with Crippen LogP contribution in [0.25, 0.3) is 0 Å². The van der Waals surface area contributed by atoms with E-state index in [1.54, 1.807) is 7.11 Å². The van der Waals surface area contributed by atoms with Gasteiger partial charge in [0.1, 0.15) is 11.9 Å². The quantitative estimate of drug-likeness (QED) is 0.724. The van der Waals surface area contributed by atoms with Crippen molar-refractivity contribution < 1.29 is 19.0 Å². The number of methoxy groups -OCH3 is 1. The molecule has 21 heavy (non-hydrogen) atoms. The SMILES string of the molecule is COc1ccc(COCCC[C@@H]2OCC3CC3C2=O)cc1. The minimum atomic E-state index is -0.182. The Labute approximate surface area is 125 Å². The second-order valence-electron chi connectivity index (χ2n) is 5.87. The molecule has 1 saturated carbocycles. The van der Waals surface area contributed by atoms with E-state index in [0.717, 1.165) is 37.2 Å². The van der Waals surface area contributed by atoms with Gasteiger partial charge in [-0.15, -0.1) is 0 Å². The fourth-order valence-electron chi connectivity index (χ4n) is 2.85. The minimum Gasteiger partial charge on any atom is -0.497 e. The van der Waals surface area contributed by atoms with E-state index in [2.05, 4.69) is 0 Å². The predicted octanol–water partition coefficient (Wildman–Crippen LogP) is 2.60. The van der Waals surface area contributed by atoms with Crippen LogP contribution < -0.4 is 4.74 Å². The maximum absolute atomic E-state index is 11.9. The third kappa shape index (κ3) is 3.63. The number of hydrogen-bond acceptors (Lipinski definition) is 4. The molecule has 3 atom stereocenters. The summed E-state index contributed by atoms with van der Waals surface area (Å²) in [6, 6.07) is 7.86. The first-order valence-electron chi connectivity index (χ1n) is 7.64. The smallest absolute Gasteiger partial charge is 0.164 e. The largest absolute Gasteiger partial charge is 0.497 e. The van der Waals surface area contributed by atoms with Gasteiger partial charge in [-0.2, -0.15) is 0 Å². The molecule has 0 radical (unpaired) electrons. The van der Waals surface area contributed by atoms with E-state index >= 15 is 0 Å². The fraction of sp³-hybridized carbons (Fsp3) is 0.588. The second-order valence-corrected chi connectivity index (χ2v) is 5.87. The zero-order chi connectivity index (χ0) is 14.7. The van der Waals surface area contributed by atoms with Crippen LogP contribution in [0.4, 0.5) is 0 Å². The molecule has 1 aromatic carbocycles. The second kappa shape index (κ2) is 6.58. The molecule has 0 bridgehead atoms. The van der Waals surface area contributed by atoms with Crippen molar-refractivity contribution in [3.8, 4) is 5.75 Å². The molecule has 114 valence electrons. The molecule has 1 aromatic rings. The van der Waals surface area contributed by atoms with E-state index in [0.29, 0.717) is 30.8 Å². The fourth-order valence-corrected chi connectivity index (χ4v) is 2.85. The standard InChI is InChI=1S/C17H22O4/c1-19-14-6-4-12(5-7-14)10-20-8-2-3-16-17(18)15-9-13(15)11-21-16/h4-7,13,15-16H,2-3,8-11H2,1H3/t13?,15?,16-/m0/s1. The summed E-state index contributed by atoms with van der Waals surface area (Å²) in [5.41, 5.74) is 1.13. The van der Waals surface area contributed by atoms with E-state index in [-0.39, 0.29) is 6.10 Å². The predicted molar refractivity (Wildman–Crippen MR) is 78.2 cm³/mol. The van der Waals surface area contributed by atoms with Crippen LogP contribution in [0.5, 0.6) is 5.75 Å². The van der Waals surface area contributed by atoms with Crippen molar-refractivity contribution in [1.29, 1.82) is 0 Å². The van der Waals surface area contributed by atoms with E-state index in [9.17, 15) is 4.79 Å². The molecule has 1 aliphatic heterocycles. The highest BCUT2D eigenvalue weighted by Crippen LogP contribution is 2.44. The van der Waals surface area contributed by atoms with Crippen LogP contribution in [0, 0.1) is 11.8 Å². The molecule has 0 aromatic heterocycles. The zero-order valence-corrected chi connectivity index (χ0v) is 12.4. The number of carbonyl (C=O) groups excluding carboxylic acids is 1. The van der Waals surface area contributed by atoms with Gasteiger partial charge in [0.15, 0.2) is 5.78 Å².